The number of nitrogens with zero attached hydrogens (tertiary/aromatic N) is 1. The Morgan fingerprint density at radius 2 is 1.80 bits per heavy atom. The fourth-order valence-electron chi connectivity index (χ4n) is 2.33. The average Bonchev–Trinajstić information content (AvgIpc) is 2.29. The third-order valence-corrected chi connectivity index (χ3v) is 3.50. The van der Waals surface area contributed by atoms with Gasteiger partial charge >= 0.3 is 0 Å². The number of hydrogen-bond acceptors (Lipinski definition) is 3. The zero-order chi connectivity index (χ0) is 11.3. The first kappa shape index (κ1) is 12.9. The molecule has 2 rings (SSSR count). The average molecular weight is 215 g/mol. The van der Waals surface area contributed by atoms with Crippen molar-refractivity contribution in [3.63, 3.8) is 0 Å². The van der Waals surface area contributed by atoms with Crippen LogP contribution in [0, 0.1) is 5.92 Å². The lowest BCUT2D eigenvalue weighted by molar-refractivity contribution is -0.213. The van der Waals surface area contributed by atoms with Gasteiger partial charge in [0.05, 0.1) is 13.2 Å². The summed E-state index contributed by atoms with van der Waals surface area (Å²) in [5.74, 6) is 0.476. The Morgan fingerprint density at radius 1 is 1.27 bits per heavy atom. The highest BCUT2D eigenvalue weighted by Crippen LogP contribution is 2.33. The molecule has 0 spiro atoms. The van der Waals surface area contributed by atoms with E-state index in [1.54, 1.807) is 0 Å². The lowest BCUT2D eigenvalue weighted by Crippen LogP contribution is -2.57. The maximum atomic E-state index is 10.1. The molecule has 0 atom stereocenters. The zero-order valence-corrected chi connectivity index (χ0v) is 10.3. The molecule has 0 aromatic rings. The summed E-state index contributed by atoms with van der Waals surface area (Å²) in [7, 11) is 0. The topological polar surface area (TPSA) is 32.7 Å². The van der Waals surface area contributed by atoms with Crippen molar-refractivity contribution < 1.29 is 9.84 Å². The normalized spacial score (nSPS) is 26.4. The van der Waals surface area contributed by atoms with Gasteiger partial charge < -0.3 is 14.7 Å². The molecule has 0 aromatic heterocycles. The molecular formula is C12H25NO2. The van der Waals surface area contributed by atoms with Crippen LogP contribution in [0.15, 0.2) is 0 Å². The Labute approximate surface area is 93.4 Å². The molecular weight excluding hydrogens is 190 g/mol. The summed E-state index contributed by atoms with van der Waals surface area (Å²) < 4.78 is 5.08. The summed E-state index contributed by atoms with van der Waals surface area (Å²) >= 11 is 0. The molecule has 0 unspecified atom stereocenters. The molecule has 2 aliphatic rings. The van der Waals surface area contributed by atoms with Crippen LogP contribution in [0.2, 0.25) is 0 Å². The van der Waals surface area contributed by atoms with Crippen LogP contribution in [0.1, 0.15) is 33.6 Å². The Kier molecular flexibility index (Phi) is 5.03. The molecule has 0 aromatic carbocycles. The van der Waals surface area contributed by atoms with Crippen LogP contribution >= 0.6 is 0 Å². The van der Waals surface area contributed by atoms with E-state index in [1.807, 2.05) is 13.8 Å². The molecule has 15 heavy (non-hydrogen) atoms. The quantitative estimate of drug-likeness (QED) is 0.758. The van der Waals surface area contributed by atoms with Crippen LogP contribution < -0.4 is 0 Å². The Morgan fingerprint density at radius 3 is 2.13 bits per heavy atom. The first-order valence-corrected chi connectivity index (χ1v) is 6.27. The summed E-state index contributed by atoms with van der Waals surface area (Å²) in [5.41, 5.74) is -0.472. The molecule has 0 saturated carbocycles. The predicted molar refractivity (Wildman–Crippen MR) is 62.0 cm³/mol. The Balaban J connectivity index is 0.000000531. The molecule has 1 N–H and O–H groups in total. The maximum absolute atomic E-state index is 10.1. The molecule has 3 heteroatoms. The Bertz CT molecular complexity index is 172. The van der Waals surface area contributed by atoms with Gasteiger partial charge in [-0.05, 0) is 38.4 Å². The van der Waals surface area contributed by atoms with Crippen LogP contribution in [0.25, 0.3) is 0 Å². The largest absolute Gasteiger partial charge is 0.385 e. The molecule has 2 aliphatic heterocycles. The first-order chi connectivity index (χ1) is 7.24. The van der Waals surface area contributed by atoms with E-state index >= 15 is 0 Å². The van der Waals surface area contributed by atoms with E-state index in [-0.39, 0.29) is 0 Å². The van der Waals surface area contributed by atoms with Gasteiger partial charge in [0.15, 0.2) is 0 Å². The lowest BCUT2D eigenvalue weighted by atomic mass is 9.79. The van der Waals surface area contributed by atoms with Gasteiger partial charge in [-0.25, -0.2) is 0 Å². The van der Waals surface area contributed by atoms with Crippen molar-refractivity contribution in [2.75, 3.05) is 32.8 Å². The molecule has 2 heterocycles. The van der Waals surface area contributed by atoms with E-state index in [4.69, 9.17) is 4.74 Å². The van der Waals surface area contributed by atoms with E-state index in [0.717, 1.165) is 32.5 Å². The number of hydrogen-bond donors (Lipinski definition) is 1. The number of aliphatic hydroxyl groups is 1. The second-order valence-electron chi connectivity index (χ2n) is 4.30. The highest BCUT2D eigenvalue weighted by atomic mass is 16.5. The second kappa shape index (κ2) is 5.83. The minimum Gasteiger partial charge on any atom is -0.385 e. The summed E-state index contributed by atoms with van der Waals surface area (Å²) in [6, 6.07) is 0. The van der Waals surface area contributed by atoms with Crippen molar-refractivity contribution in [1.82, 2.24) is 4.90 Å². The maximum Gasteiger partial charge on any atom is 0.114 e. The van der Waals surface area contributed by atoms with Gasteiger partial charge in [0.25, 0.3) is 0 Å². The van der Waals surface area contributed by atoms with Gasteiger partial charge in [-0.15, -0.1) is 0 Å². The lowest BCUT2D eigenvalue weighted by Gasteiger charge is -2.46. The van der Waals surface area contributed by atoms with E-state index < -0.39 is 5.60 Å². The first-order valence-electron chi connectivity index (χ1n) is 6.27. The Hall–Kier alpha value is -0.120. The van der Waals surface area contributed by atoms with Crippen LogP contribution in [0.4, 0.5) is 0 Å². The summed E-state index contributed by atoms with van der Waals surface area (Å²) in [6.07, 6.45) is 2.27. The van der Waals surface area contributed by atoms with Gasteiger partial charge in [0.1, 0.15) is 5.60 Å². The van der Waals surface area contributed by atoms with Crippen molar-refractivity contribution in [2.24, 2.45) is 5.92 Å². The highest BCUT2D eigenvalue weighted by Gasteiger charge is 2.44. The smallest absolute Gasteiger partial charge is 0.114 e. The summed E-state index contributed by atoms with van der Waals surface area (Å²) in [4.78, 5) is 2.44. The molecule has 0 bridgehead atoms. The minimum atomic E-state index is -0.472. The number of ether oxygens (including phenoxy) is 1. The van der Waals surface area contributed by atoms with Crippen molar-refractivity contribution in [2.45, 2.75) is 39.2 Å². The predicted octanol–water partition coefficient (Wildman–Crippen LogP) is 1.51. The van der Waals surface area contributed by atoms with Crippen LogP contribution in [-0.2, 0) is 4.74 Å². The monoisotopic (exact) mass is 215 g/mol. The third kappa shape index (κ3) is 2.92. The van der Waals surface area contributed by atoms with Crippen molar-refractivity contribution in [1.29, 1.82) is 0 Å². The van der Waals surface area contributed by atoms with Gasteiger partial charge in [-0.3, -0.25) is 0 Å². The van der Waals surface area contributed by atoms with E-state index in [2.05, 4.69) is 11.8 Å². The van der Waals surface area contributed by atoms with E-state index in [9.17, 15) is 5.11 Å². The van der Waals surface area contributed by atoms with Crippen molar-refractivity contribution in [3.8, 4) is 0 Å². The molecule has 2 fully saturated rings. The number of rotatable bonds is 2. The third-order valence-electron chi connectivity index (χ3n) is 3.50. The zero-order valence-electron chi connectivity index (χ0n) is 10.3. The molecule has 2 saturated heterocycles. The van der Waals surface area contributed by atoms with Gasteiger partial charge in [0, 0.05) is 0 Å². The molecule has 3 nitrogen and oxygen atoms in total. The summed E-state index contributed by atoms with van der Waals surface area (Å²) in [5, 5.41) is 10.1. The standard InChI is InChI=1S/C10H19NO2.C2H6/c1-2-11-5-3-9(4-6-11)10(12)7-13-8-10;1-2/h9,12H,2-8H2,1H3;1-2H3. The molecule has 0 radical (unpaired) electrons. The van der Waals surface area contributed by atoms with Crippen molar-refractivity contribution >= 4 is 0 Å². The van der Waals surface area contributed by atoms with Gasteiger partial charge in [-0.2, -0.15) is 0 Å². The van der Waals surface area contributed by atoms with Crippen molar-refractivity contribution in [3.05, 3.63) is 0 Å². The van der Waals surface area contributed by atoms with E-state index in [1.165, 1.54) is 0 Å². The molecule has 0 amide bonds. The highest BCUT2D eigenvalue weighted by molar-refractivity contribution is 4.94. The van der Waals surface area contributed by atoms with Crippen LogP contribution in [-0.4, -0.2) is 48.5 Å². The minimum absolute atomic E-state index is 0.472. The van der Waals surface area contributed by atoms with Gasteiger partial charge in [0.2, 0.25) is 0 Å². The number of piperidine rings is 1. The molecule has 90 valence electrons. The van der Waals surface area contributed by atoms with Crippen LogP contribution in [0.3, 0.4) is 0 Å². The fourth-order valence-corrected chi connectivity index (χ4v) is 2.33. The SMILES string of the molecule is CC.CCN1CCC(C2(O)COC2)CC1. The fraction of sp³-hybridized carbons (Fsp3) is 1.00. The molecule has 0 aliphatic carbocycles. The van der Waals surface area contributed by atoms with E-state index in [0.29, 0.717) is 19.1 Å². The van der Waals surface area contributed by atoms with Crippen LogP contribution in [0.5, 0.6) is 0 Å². The number of likely N-dealkylation sites (tertiary alicyclic amines) is 1. The second-order valence-corrected chi connectivity index (χ2v) is 4.30. The summed E-state index contributed by atoms with van der Waals surface area (Å²) in [6.45, 7) is 10.7. The van der Waals surface area contributed by atoms with Gasteiger partial charge in [-0.1, -0.05) is 20.8 Å².